The van der Waals surface area contributed by atoms with E-state index in [1.807, 2.05) is 4.72 Å². The molecule has 2 heterocycles. The van der Waals surface area contributed by atoms with Crippen LogP contribution >= 0.6 is 18.9 Å². The zero-order chi connectivity index (χ0) is 27.5. The lowest BCUT2D eigenvalue weighted by atomic mass is 10.1. The van der Waals surface area contributed by atoms with Gasteiger partial charge >= 0.3 is 7.60 Å². The highest BCUT2D eigenvalue weighted by molar-refractivity contribution is 7.92. The second-order valence-electron chi connectivity index (χ2n) is 7.97. The van der Waals surface area contributed by atoms with Crippen molar-refractivity contribution in [2.45, 2.75) is 16.7 Å². The number of imidazole rings is 1. The van der Waals surface area contributed by atoms with Crippen LogP contribution in [-0.2, 0) is 25.8 Å². The van der Waals surface area contributed by atoms with Crippen LogP contribution in [0.3, 0.4) is 0 Å². The molecule has 0 bridgehead atoms. The topological polar surface area (TPSA) is 200 Å². The molecule has 1 amide bonds. The molecule has 0 aliphatic rings. The minimum Gasteiger partial charge on any atom is -0.424 e. The molecule has 4 aromatic rings. The smallest absolute Gasteiger partial charge is 0.391 e. The normalized spacial score (nSPS) is 13.9. The van der Waals surface area contributed by atoms with Crippen LogP contribution in [0.15, 0.2) is 59.2 Å². The van der Waals surface area contributed by atoms with Crippen LogP contribution in [0.25, 0.3) is 10.1 Å². The van der Waals surface area contributed by atoms with E-state index in [0.717, 1.165) is 29.5 Å². The van der Waals surface area contributed by atoms with Crippen molar-refractivity contribution in [1.82, 2.24) is 14.7 Å². The predicted octanol–water partition coefficient (Wildman–Crippen LogP) is 2.64. The number of halogens is 1. The van der Waals surface area contributed by atoms with E-state index in [0.29, 0.717) is 21.5 Å². The molecule has 0 saturated carbocycles. The number of amides is 1. The van der Waals surface area contributed by atoms with Gasteiger partial charge in [-0.15, -0.1) is 11.3 Å². The molecular formula is C22H20FN6O6PS2. The molecule has 0 spiro atoms. The maximum absolute atomic E-state index is 13.7. The number of sulfonamides is 1. The highest BCUT2D eigenvalue weighted by Crippen LogP contribution is 2.42. The molecule has 0 aliphatic carbocycles. The molecule has 12 nitrogen and oxygen atoms in total. The number of hydrogen-bond acceptors (Lipinski definition) is 9. The first kappa shape index (κ1) is 27.4. The Morgan fingerprint density at radius 3 is 2.79 bits per heavy atom. The Bertz CT molecular complexity index is 1690. The largest absolute Gasteiger partial charge is 0.424 e. The summed E-state index contributed by atoms with van der Waals surface area (Å²) in [7, 11) is -8.79. The summed E-state index contributed by atoms with van der Waals surface area (Å²) >= 11 is 0.910. The molecule has 2 aromatic carbocycles. The molecular weight excluding hydrogens is 558 g/mol. The maximum Gasteiger partial charge on any atom is 0.391 e. The number of carbonyl (C=O) groups is 1. The number of carbonyl (C=O) groups excluding carboxylic acids is 1. The van der Waals surface area contributed by atoms with E-state index in [1.165, 1.54) is 12.4 Å². The van der Waals surface area contributed by atoms with Gasteiger partial charge < -0.3 is 25.5 Å². The summed E-state index contributed by atoms with van der Waals surface area (Å²) < 4.78 is 58.9. The molecule has 2 aromatic heterocycles. The summed E-state index contributed by atoms with van der Waals surface area (Å²) in [6, 6.07) is 9.81. The number of nitriles is 1. The van der Waals surface area contributed by atoms with Gasteiger partial charge in [-0.1, -0.05) is 0 Å². The fourth-order valence-electron chi connectivity index (χ4n) is 3.26. The first-order valence-corrected chi connectivity index (χ1v) is 14.8. The number of H-pyrrole nitrogens is 1. The summed E-state index contributed by atoms with van der Waals surface area (Å²) in [6.07, 6.45) is 2.35. The number of nitrogens with one attached hydrogen (secondary N) is 3. The minimum atomic E-state index is -4.56. The van der Waals surface area contributed by atoms with Gasteiger partial charge in [0.2, 0.25) is 5.91 Å². The Morgan fingerprint density at radius 1 is 1.32 bits per heavy atom. The quantitative estimate of drug-likeness (QED) is 0.175. The molecule has 4 rings (SSSR count). The van der Waals surface area contributed by atoms with Crippen LogP contribution in [0.4, 0.5) is 10.1 Å². The van der Waals surface area contributed by atoms with E-state index < -0.39 is 41.7 Å². The second-order valence-corrected chi connectivity index (χ2v) is 12.8. The molecule has 38 heavy (non-hydrogen) atoms. The van der Waals surface area contributed by atoms with Crippen molar-refractivity contribution in [3.8, 4) is 11.8 Å². The molecule has 2 atom stereocenters. The van der Waals surface area contributed by atoms with Gasteiger partial charge in [0.15, 0.2) is 0 Å². The Balaban J connectivity index is 1.41. The van der Waals surface area contributed by atoms with E-state index in [9.17, 15) is 27.1 Å². The van der Waals surface area contributed by atoms with Crippen molar-refractivity contribution < 1.29 is 31.6 Å². The number of benzene rings is 2. The van der Waals surface area contributed by atoms with Crippen LogP contribution in [-0.4, -0.2) is 41.5 Å². The van der Waals surface area contributed by atoms with Gasteiger partial charge in [0.1, 0.15) is 28.1 Å². The maximum atomic E-state index is 13.7. The predicted molar refractivity (Wildman–Crippen MR) is 137 cm³/mol. The SMILES string of the molecule is N#Cc1ccc(OP(=O)(O)CNS(=O)(=O)c2cc3cc(NC(=O)[C@@H](N)Cc4c[nH]cn4)ccc3s2)cc1F. The molecule has 16 heteroatoms. The summed E-state index contributed by atoms with van der Waals surface area (Å²) in [4.78, 5) is 29.3. The van der Waals surface area contributed by atoms with Crippen LogP contribution in [0.2, 0.25) is 0 Å². The number of fused-ring (bicyclic) bond motifs is 1. The first-order valence-electron chi connectivity index (χ1n) is 10.7. The lowest BCUT2D eigenvalue weighted by Gasteiger charge is -2.14. The number of nitrogens with zero attached hydrogens (tertiary/aromatic N) is 2. The average Bonchev–Trinajstić information content (AvgIpc) is 3.53. The molecule has 198 valence electrons. The number of aromatic amines is 1. The van der Waals surface area contributed by atoms with Gasteiger partial charge in [0.25, 0.3) is 10.0 Å². The minimum absolute atomic E-state index is 0.143. The van der Waals surface area contributed by atoms with Crippen molar-refractivity contribution in [3.63, 3.8) is 0 Å². The summed E-state index contributed by atoms with van der Waals surface area (Å²) in [6.45, 7) is 0. The van der Waals surface area contributed by atoms with E-state index >= 15 is 0 Å². The summed E-state index contributed by atoms with van der Waals surface area (Å²) in [5.41, 5.74) is 6.68. The van der Waals surface area contributed by atoms with Crippen molar-refractivity contribution in [2.24, 2.45) is 5.73 Å². The standard InChI is InChI=1S/C22H20FN6O6PS2/c23-18-8-17(3-1-13(18)9-24)35-36(31,32)12-28-38(33,34)21-6-14-5-15(2-4-20(14)37-21)29-22(30)19(25)7-16-10-26-11-27-16/h1-6,8,10-11,19,28H,7,12,25H2,(H,26,27)(H,29,30)(H,31,32)/t19-/m0/s1. The summed E-state index contributed by atoms with van der Waals surface area (Å²) in [5, 5.41) is 11.9. The summed E-state index contributed by atoms with van der Waals surface area (Å²) in [5.74, 6) is -1.74. The van der Waals surface area contributed by atoms with Crippen molar-refractivity contribution in [2.75, 3.05) is 11.6 Å². The Hall–Kier alpha value is -3.64. The highest BCUT2D eigenvalue weighted by Gasteiger charge is 2.27. The average molecular weight is 579 g/mol. The molecule has 0 fully saturated rings. The number of anilines is 1. The van der Waals surface area contributed by atoms with E-state index in [4.69, 9.17) is 15.5 Å². The lowest BCUT2D eigenvalue weighted by Crippen LogP contribution is -2.37. The number of nitrogens with two attached hydrogens (primary N) is 1. The van der Waals surface area contributed by atoms with Gasteiger partial charge in [-0.3, -0.25) is 4.79 Å². The number of aromatic nitrogens is 2. The Kier molecular flexibility index (Phi) is 7.93. The van der Waals surface area contributed by atoms with Gasteiger partial charge in [0.05, 0.1) is 23.6 Å². The number of thiophene rings is 1. The fourth-order valence-corrected chi connectivity index (χ4v) is 7.19. The fraction of sp³-hybridized carbons (Fsp3) is 0.136. The van der Waals surface area contributed by atoms with Gasteiger partial charge in [-0.2, -0.15) is 9.98 Å². The third-order valence-corrected chi connectivity index (χ3v) is 9.37. The third-order valence-electron chi connectivity index (χ3n) is 5.11. The van der Waals surface area contributed by atoms with Crippen molar-refractivity contribution in [1.29, 1.82) is 5.26 Å². The molecule has 1 unspecified atom stereocenters. The van der Waals surface area contributed by atoms with Crippen molar-refractivity contribution in [3.05, 3.63) is 72.1 Å². The van der Waals surface area contributed by atoms with Gasteiger partial charge in [0, 0.05) is 29.1 Å². The van der Waals surface area contributed by atoms with Crippen LogP contribution in [0.1, 0.15) is 11.3 Å². The van der Waals surface area contributed by atoms with Crippen molar-refractivity contribution >= 4 is 50.6 Å². The molecule has 6 N–H and O–H groups in total. The van der Waals surface area contributed by atoms with E-state index in [2.05, 4.69) is 15.3 Å². The van der Waals surface area contributed by atoms with Crippen LogP contribution < -0.4 is 20.3 Å². The molecule has 0 radical (unpaired) electrons. The van der Waals surface area contributed by atoms with Gasteiger partial charge in [-0.05, 0) is 41.8 Å². The lowest BCUT2D eigenvalue weighted by molar-refractivity contribution is -0.117. The monoisotopic (exact) mass is 578 g/mol. The van der Waals surface area contributed by atoms with Gasteiger partial charge in [-0.25, -0.2) is 22.4 Å². The zero-order valence-electron chi connectivity index (χ0n) is 19.3. The van der Waals surface area contributed by atoms with Crippen LogP contribution in [0.5, 0.6) is 5.75 Å². The number of hydrogen-bond donors (Lipinski definition) is 5. The third kappa shape index (κ3) is 6.62. The highest BCUT2D eigenvalue weighted by atomic mass is 32.2. The Morgan fingerprint density at radius 2 is 2.11 bits per heavy atom. The van der Waals surface area contributed by atoms with Crippen LogP contribution in [0, 0.1) is 17.1 Å². The van der Waals surface area contributed by atoms with E-state index in [-0.39, 0.29) is 21.9 Å². The number of rotatable bonds is 10. The first-order chi connectivity index (χ1) is 18.0. The molecule has 0 saturated heterocycles. The Labute approximate surface area is 219 Å². The van der Waals surface area contributed by atoms with E-state index in [1.54, 1.807) is 30.5 Å². The zero-order valence-corrected chi connectivity index (χ0v) is 21.8. The second kappa shape index (κ2) is 11.0. The molecule has 0 aliphatic heterocycles.